The summed E-state index contributed by atoms with van der Waals surface area (Å²) in [5.74, 6) is -0.728. The zero-order chi connectivity index (χ0) is 26.1. The summed E-state index contributed by atoms with van der Waals surface area (Å²) >= 11 is 0. The lowest BCUT2D eigenvalue weighted by molar-refractivity contribution is 0.0950. The molecule has 1 aromatic heterocycles. The highest BCUT2D eigenvalue weighted by Crippen LogP contribution is 2.31. The highest BCUT2D eigenvalue weighted by atomic mass is 19.1. The van der Waals surface area contributed by atoms with E-state index in [2.05, 4.69) is 15.5 Å². The Labute approximate surface area is 216 Å². The SMILES string of the molecule is Cc1c(F)cc(C(=O)NC2CC2)cc1-c1ccc2c(=O)n(CC(C)CO)cc(CN3CCNCC3)c2c1. The van der Waals surface area contributed by atoms with Gasteiger partial charge in [-0.25, -0.2) is 4.39 Å². The van der Waals surface area contributed by atoms with Gasteiger partial charge in [0.25, 0.3) is 11.5 Å². The molecular formula is C29H35FN4O3. The van der Waals surface area contributed by atoms with E-state index in [0.717, 1.165) is 55.5 Å². The number of pyridine rings is 1. The predicted octanol–water partition coefficient (Wildman–Crippen LogP) is 3.04. The average molecular weight is 507 g/mol. The third-order valence-corrected chi connectivity index (χ3v) is 7.42. The quantitative estimate of drug-likeness (QED) is 0.437. The molecule has 196 valence electrons. The molecule has 1 saturated carbocycles. The molecule has 1 unspecified atom stereocenters. The summed E-state index contributed by atoms with van der Waals surface area (Å²) in [6.07, 6.45) is 3.83. The summed E-state index contributed by atoms with van der Waals surface area (Å²) in [6.45, 7) is 8.41. The van der Waals surface area contributed by atoms with Crippen molar-refractivity contribution in [2.75, 3.05) is 32.8 Å². The molecule has 1 aliphatic heterocycles. The van der Waals surface area contributed by atoms with Crippen LogP contribution in [-0.2, 0) is 13.1 Å². The minimum Gasteiger partial charge on any atom is -0.396 e. The van der Waals surface area contributed by atoms with Gasteiger partial charge >= 0.3 is 0 Å². The van der Waals surface area contributed by atoms with E-state index in [4.69, 9.17) is 0 Å². The zero-order valence-electron chi connectivity index (χ0n) is 21.5. The lowest BCUT2D eigenvalue weighted by Crippen LogP contribution is -2.43. The average Bonchev–Trinajstić information content (AvgIpc) is 3.72. The molecule has 1 aliphatic carbocycles. The molecule has 7 nitrogen and oxygen atoms in total. The number of amides is 1. The number of aromatic nitrogens is 1. The van der Waals surface area contributed by atoms with Crippen molar-refractivity contribution in [3.63, 3.8) is 0 Å². The van der Waals surface area contributed by atoms with Crippen molar-refractivity contribution in [1.29, 1.82) is 0 Å². The highest BCUT2D eigenvalue weighted by Gasteiger charge is 2.25. The molecule has 2 fully saturated rings. The van der Waals surface area contributed by atoms with E-state index >= 15 is 0 Å². The Morgan fingerprint density at radius 2 is 1.95 bits per heavy atom. The van der Waals surface area contributed by atoms with Gasteiger partial charge in [-0.05, 0) is 77.6 Å². The third-order valence-electron chi connectivity index (χ3n) is 7.42. The van der Waals surface area contributed by atoms with Crippen molar-refractivity contribution >= 4 is 16.7 Å². The van der Waals surface area contributed by atoms with E-state index in [1.54, 1.807) is 17.6 Å². The normalized spacial score (nSPS) is 17.2. The van der Waals surface area contributed by atoms with Crippen molar-refractivity contribution in [1.82, 2.24) is 20.1 Å². The second kappa shape index (κ2) is 10.7. The first kappa shape index (κ1) is 25.6. The van der Waals surface area contributed by atoms with Gasteiger partial charge in [0.1, 0.15) is 5.82 Å². The van der Waals surface area contributed by atoms with Crippen molar-refractivity contribution in [2.45, 2.75) is 45.8 Å². The zero-order valence-corrected chi connectivity index (χ0v) is 21.5. The van der Waals surface area contributed by atoms with Crippen LogP contribution < -0.4 is 16.2 Å². The fraction of sp³-hybridized carbons (Fsp3) is 0.448. The summed E-state index contributed by atoms with van der Waals surface area (Å²) in [5.41, 5.74) is 3.10. The number of halogens is 1. The van der Waals surface area contributed by atoms with Gasteiger partial charge in [-0.15, -0.1) is 0 Å². The van der Waals surface area contributed by atoms with Gasteiger partial charge in [-0.3, -0.25) is 14.5 Å². The number of hydrogen-bond acceptors (Lipinski definition) is 5. The van der Waals surface area contributed by atoms with E-state index in [0.29, 0.717) is 35.2 Å². The van der Waals surface area contributed by atoms with E-state index in [9.17, 15) is 19.1 Å². The van der Waals surface area contributed by atoms with Gasteiger partial charge in [-0.1, -0.05) is 13.0 Å². The number of nitrogens with one attached hydrogen (secondary N) is 2. The van der Waals surface area contributed by atoms with E-state index in [1.165, 1.54) is 6.07 Å². The molecule has 1 saturated heterocycles. The van der Waals surface area contributed by atoms with Crippen LogP contribution in [-0.4, -0.2) is 59.3 Å². The number of piperazine rings is 1. The molecule has 3 N–H and O–H groups in total. The number of nitrogens with zero attached hydrogens (tertiary/aromatic N) is 2. The first-order chi connectivity index (χ1) is 17.8. The maximum absolute atomic E-state index is 14.9. The summed E-state index contributed by atoms with van der Waals surface area (Å²) in [7, 11) is 0. The van der Waals surface area contributed by atoms with Gasteiger partial charge in [0.2, 0.25) is 0 Å². The van der Waals surface area contributed by atoms with Crippen LogP contribution in [0.5, 0.6) is 0 Å². The lowest BCUT2D eigenvalue weighted by Gasteiger charge is -2.28. The van der Waals surface area contributed by atoms with Crippen molar-refractivity contribution in [3.05, 3.63) is 69.4 Å². The Morgan fingerprint density at radius 3 is 2.65 bits per heavy atom. The van der Waals surface area contributed by atoms with E-state index < -0.39 is 5.82 Å². The molecule has 0 spiro atoms. The van der Waals surface area contributed by atoms with Crippen LogP contribution in [0.3, 0.4) is 0 Å². The molecule has 8 heteroatoms. The summed E-state index contributed by atoms with van der Waals surface area (Å²) in [6, 6.07) is 8.83. The van der Waals surface area contributed by atoms with Gasteiger partial charge < -0.3 is 20.3 Å². The maximum Gasteiger partial charge on any atom is 0.258 e. The van der Waals surface area contributed by atoms with Crippen LogP contribution >= 0.6 is 0 Å². The molecule has 0 bridgehead atoms. The van der Waals surface area contributed by atoms with Gasteiger partial charge in [0.05, 0.1) is 0 Å². The molecule has 37 heavy (non-hydrogen) atoms. The Bertz CT molecular complexity index is 1380. The first-order valence-electron chi connectivity index (χ1n) is 13.2. The Morgan fingerprint density at radius 1 is 1.19 bits per heavy atom. The van der Waals surface area contributed by atoms with Crippen LogP contribution in [0.2, 0.25) is 0 Å². The number of hydrogen-bond donors (Lipinski definition) is 3. The van der Waals surface area contributed by atoms with Crippen LogP contribution in [0, 0.1) is 18.7 Å². The number of carbonyl (C=O) groups is 1. The molecular weight excluding hydrogens is 471 g/mol. The molecule has 3 aromatic rings. The minimum absolute atomic E-state index is 0.00600. The third kappa shape index (κ3) is 5.61. The number of benzene rings is 2. The molecule has 1 atom stereocenters. The van der Waals surface area contributed by atoms with Crippen LogP contribution in [0.15, 0.2) is 41.3 Å². The smallest absolute Gasteiger partial charge is 0.258 e. The molecule has 0 radical (unpaired) electrons. The topological polar surface area (TPSA) is 86.6 Å². The van der Waals surface area contributed by atoms with Crippen molar-refractivity contribution in [2.24, 2.45) is 5.92 Å². The molecule has 5 rings (SSSR count). The summed E-state index contributed by atoms with van der Waals surface area (Å²) in [5, 5.41) is 17.3. The monoisotopic (exact) mass is 506 g/mol. The fourth-order valence-electron chi connectivity index (χ4n) is 5.01. The predicted molar refractivity (Wildman–Crippen MR) is 143 cm³/mol. The van der Waals surface area contributed by atoms with Crippen molar-refractivity contribution < 1.29 is 14.3 Å². The Hall–Kier alpha value is -3.07. The van der Waals surface area contributed by atoms with Crippen LogP contribution in [0.4, 0.5) is 4.39 Å². The molecule has 2 aliphatic rings. The number of aliphatic hydroxyl groups is 1. The lowest BCUT2D eigenvalue weighted by atomic mass is 9.94. The second-order valence-corrected chi connectivity index (χ2v) is 10.6. The Balaban J connectivity index is 1.60. The number of rotatable bonds is 8. The fourth-order valence-corrected chi connectivity index (χ4v) is 5.01. The van der Waals surface area contributed by atoms with Crippen LogP contribution in [0.25, 0.3) is 21.9 Å². The van der Waals surface area contributed by atoms with Crippen molar-refractivity contribution in [3.8, 4) is 11.1 Å². The van der Waals surface area contributed by atoms with Gasteiger partial charge in [-0.2, -0.15) is 0 Å². The second-order valence-electron chi connectivity index (χ2n) is 10.6. The standard InChI is InChI=1S/C29H35FN4O3/c1-18(17-35)14-34-16-22(15-33-9-7-31-8-10-33)26-11-20(3-6-24(26)29(34)37)25-12-21(13-27(30)19(25)2)28(36)32-23-4-5-23/h3,6,11-13,16,18,23,31,35H,4-5,7-10,14-15,17H2,1-2H3,(H,32,36). The van der Waals surface area contributed by atoms with Gasteiger partial charge in [0.15, 0.2) is 0 Å². The number of fused-ring (bicyclic) bond motifs is 1. The first-order valence-corrected chi connectivity index (χ1v) is 13.2. The van der Waals surface area contributed by atoms with Crippen LogP contribution in [0.1, 0.15) is 41.3 Å². The largest absolute Gasteiger partial charge is 0.396 e. The molecule has 2 heterocycles. The minimum atomic E-state index is -0.423. The number of aliphatic hydroxyl groups excluding tert-OH is 1. The van der Waals surface area contributed by atoms with E-state index in [-0.39, 0.29) is 30.0 Å². The maximum atomic E-state index is 14.9. The number of carbonyl (C=O) groups excluding carboxylic acids is 1. The highest BCUT2D eigenvalue weighted by molar-refractivity contribution is 5.97. The Kier molecular flexibility index (Phi) is 7.42. The molecule has 2 aromatic carbocycles. The summed E-state index contributed by atoms with van der Waals surface area (Å²) in [4.78, 5) is 28.4. The van der Waals surface area contributed by atoms with E-state index in [1.807, 2.05) is 31.3 Å². The summed E-state index contributed by atoms with van der Waals surface area (Å²) < 4.78 is 16.6. The molecule has 1 amide bonds. The van der Waals surface area contributed by atoms with Gasteiger partial charge in [0, 0.05) is 69.1 Å².